The first kappa shape index (κ1) is 18.6. The van der Waals surface area contributed by atoms with Gasteiger partial charge in [-0.15, -0.1) is 0 Å². The van der Waals surface area contributed by atoms with Gasteiger partial charge in [-0.25, -0.2) is 0 Å². The minimum atomic E-state index is -0.174. The summed E-state index contributed by atoms with van der Waals surface area (Å²) in [4.78, 5) is 30.2. The second-order valence-electron chi connectivity index (χ2n) is 6.80. The Morgan fingerprint density at radius 2 is 1.93 bits per heavy atom. The lowest BCUT2D eigenvalue weighted by Gasteiger charge is -2.36. The molecule has 0 radical (unpaired) electrons. The van der Waals surface area contributed by atoms with Crippen LogP contribution in [0, 0.1) is 0 Å². The molecule has 7 nitrogen and oxygen atoms in total. The van der Waals surface area contributed by atoms with Crippen LogP contribution in [-0.2, 0) is 4.79 Å². The summed E-state index contributed by atoms with van der Waals surface area (Å²) in [7, 11) is 1.58. The first-order valence-electron chi connectivity index (χ1n) is 9.32. The lowest BCUT2D eigenvalue weighted by Crippen LogP contribution is -2.47. The van der Waals surface area contributed by atoms with Gasteiger partial charge in [-0.1, -0.05) is 47.6 Å². The van der Waals surface area contributed by atoms with Crippen LogP contribution in [0.15, 0.2) is 65.2 Å². The summed E-state index contributed by atoms with van der Waals surface area (Å²) in [5.74, 6) is 0.740. The average molecular weight is 388 g/mol. The number of carbonyl (C=O) groups excluding carboxylic acids is 2. The van der Waals surface area contributed by atoms with Crippen molar-refractivity contribution in [3.8, 4) is 11.4 Å². The maximum Gasteiger partial charge on any atom is 0.251 e. The van der Waals surface area contributed by atoms with Crippen LogP contribution in [0.2, 0.25) is 0 Å². The Morgan fingerprint density at radius 1 is 1.14 bits per heavy atom. The highest BCUT2D eigenvalue weighted by atomic mass is 16.5. The number of hydrogen-bond donors (Lipinski definition) is 1. The largest absolute Gasteiger partial charge is 0.355 e. The van der Waals surface area contributed by atoms with Gasteiger partial charge in [-0.05, 0) is 23.8 Å². The molecule has 1 aliphatic rings. The number of aromatic nitrogens is 2. The maximum atomic E-state index is 12.3. The van der Waals surface area contributed by atoms with Crippen molar-refractivity contribution in [2.24, 2.45) is 0 Å². The van der Waals surface area contributed by atoms with E-state index in [1.54, 1.807) is 42.3 Å². The molecule has 1 aliphatic heterocycles. The predicted octanol–water partition coefficient (Wildman–Crippen LogP) is 2.74. The summed E-state index contributed by atoms with van der Waals surface area (Å²) >= 11 is 0. The summed E-state index contributed by atoms with van der Waals surface area (Å²) in [5.41, 5.74) is 2.22. The second kappa shape index (κ2) is 8.10. The van der Waals surface area contributed by atoms with Crippen molar-refractivity contribution in [2.45, 2.75) is 5.92 Å². The Hall–Kier alpha value is -3.74. The summed E-state index contributed by atoms with van der Waals surface area (Å²) < 4.78 is 5.39. The van der Waals surface area contributed by atoms with Gasteiger partial charge in [-0.3, -0.25) is 9.59 Å². The highest BCUT2D eigenvalue weighted by Crippen LogP contribution is 2.28. The number of amides is 2. The van der Waals surface area contributed by atoms with Crippen molar-refractivity contribution in [3.05, 3.63) is 77.7 Å². The van der Waals surface area contributed by atoms with Gasteiger partial charge >= 0.3 is 0 Å². The SMILES string of the molecule is CNC(=O)c1cccc(-c2noc(C3CN(C(=O)/C=C/c4ccccc4)C3)n2)c1. The van der Waals surface area contributed by atoms with Gasteiger partial charge in [0.05, 0.1) is 5.92 Å². The van der Waals surface area contributed by atoms with Gasteiger partial charge in [0.1, 0.15) is 0 Å². The summed E-state index contributed by atoms with van der Waals surface area (Å²) in [6, 6.07) is 16.7. The molecule has 3 aromatic rings. The molecule has 1 saturated heterocycles. The monoisotopic (exact) mass is 388 g/mol. The van der Waals surface area contributed by atoms with Crippen LogP contribution in [0.25, 0.3) is 17.5 Å². The van der Waals surface area contributed by atoms with Crippen LogP contribution >= 0.6 is 0 Å². The van der Waals surface area contributed by atoms with Crippen molar-refractivity contribution in [2.75, 3.05) is 20.1 Å². The standard InChI is InChI=1S/C22H20N4O3/c1-23-21(28)17-9-5-8-16(12-17)20-24-22(29-25-20)18-13-26(14-18)19(27)11-10-15-6-3-2-4-7-15/h2-12,18H,13-14H2,1H3,(H,23,28)/b11-10+. The number of benzene rings is 2. The average Bonchev–Trinajstić information content (AvgIpc) is 3.21. The number of carbonyl (C=O) groups is 2. The number of rotatable bonds is 5. The third-order valence-electron chi connectivity index (χ3n) is 4.81. The molecule has 7 heteroatoms. The topological polar surface area (TPSA) is 88.3 Å². The van der Waals surface area contributed by atoms with E-state index >= 15 is 0 Å². The van der Waals surface area contributed by atoms with E-state index in [-0.39, 0.29) is 17.7 Å². The van der Waals surface area contributed by atoms with Gasteiger partial charge < -0.3 is 14.7 Å². The third kappa shape index (κ3) is 4.08. The molecule has 0 atom stereocenters. The zero-order valence-corrected chi connectivity index (χ0v) is 15.9. The number of nitrogens with one attached hydrogen (secondary N) is 1. The summed E-state index contributed by atoms with van der Waals surface area (Å²) in [5, 5.41) is 6.62. The van der Waals surface area contributed by atoms with E-state index < -0.39 is 0 Å². The van der Waals surface area contributed by atoms with E-state index in [2.05, 4.69) is 15.5 Å². The molecule has 2 amide bonds. The molecular weight excluding hydrogens is 368 g/mol. The van der Waals surface area contributed by atoms with E-state index in [0.29, 0.717) is 35.9 Å². The van der Waals surface area contributed by atoms with Gasteiger partial charge in [-0.2, -0.15) is 4.98 Å². The summed E-state index contributed by atoms with van der Waals surface area (Å²) in [6.07, 6.45) is 3.38. The van der Waals surface area contributed by atoms with E-state index in [9.17, 15) is 9.59 Å². The fourth-order valence-corrected chi connectivity index (χ4v) is 3.11. The van der Waals surface area contributed by atoms with Gasteiger partial charge in [0, 0.05) is 37.3 Å². The Kier molecular flexibility index (Phi) is 5.20. The van der Waals surface area contributed by atoms with Crippen LogP contribution < -0.4 is 5.32 Å². The second-order valence-corrected chi connectivity index (χ2v) is 6.80. The molecule has 4 rings (SSSR count). The molecule has 146 valence electrons. The van der Waals surface area contributed by atoms with Gasteiger partial charge in [0.2, 0.25) is 17.6 Å². The normalized spacial score (nSPS) is 14.0. The Labute approximate surface area is 168 Å². The van der Waals surface area contributed by atoms with Crippen molar-refractivity contribution < 1.29 is 14.1 Å². The molecule has 1 N–H and O–H groups in total. The number of hydrogen-bond acceptors (Lipinski definition) is 5. The summed E-state index contributed by atoms with van der Waals surface area (Å²) in [6.45, 7) is 1.08. The van der Waals surface area contributed by atoms with Crippen molar-refractivity contribution in [3.63, 3.8) is 0 Å². The van der Waals surface area contributed by atoms with Crippen LogP contribution in [0.5, 0.6) is 0 Å². The molecular formula is C22H20N4O3. The molecule has 0 saturated carbocycles. The highest BCUT2D eigenvalue weighted by molar-refractivity contribution is 5.95. The molecule has 1 aromatic heterocycles. The maximum absolute atomic E-state index is 12.3. The third-order valence-corrected chi connectivity index (χ3v) is 4.81. The first-order valence-corrected chi connectivity index (χ1v) is 9.32. The van der Waals surface area contributed by atoms with E-state index in [0.717, 1.165) is 5.56 Å². The Morgan fingerprint density at radius 3 is 2.69 bits per heavy atom. The van der Waals surface area contributed by atoms with Crippen LogP contribution in [0.1, 0.15) is 27.7 Å². The van der Waals surface area contributed by atoms with Gasteiger partial charge in [0.25, 0.3) is 5.91 Å². The molecule has 0 unspecified atom stereocenters. The fraction of sp³-hybridized carbons (Fsp3) is 0.182. The minimum absolute atomic E-state index is 0.0208. The lowest BCUT2D eigenvalue weighted by molar-refractivity contribution is -0.130. The predicted molar refractivity (Wildman–Crippen MR) is 108 cm³/mol. The van der Waals surface area contributed by atoms with E-state index in [4.69, 9.17) is 4.52 Å². The lowest BCUT2D eigenvalue weighted by atomic mass is 10.00. The quantitative estimate of drug-likeness (QED) is 0.679. The number of nitrogens with zero attached hydrogens (tertiary/aromatic N) is 3. The van der Waals surface area contributed by atoms with Gasteiger partial charge in [0.15, 0.2) is 0 Å². The minimum Gasteiger partial charge on any atom is -0.355 e. The first-order chi connectivity index (χ1) is 14.1. The smallest absolute Gasteiger partial charge is 0.251 e. The highest BCUT2D eigenvalue weighted by Gasteiger charge is 2.34. The molecule has 2 aromatic carbocycles. The van der Waals surface area contributed by atoms with Crippen LogP contribution in [0.4, 0.5) is 0 Å². The zero-order valence-electron chi connectivity index (χ0n) is 15.9. The van der Waals surface area contributed by atoms with E-state index in [1.165, 1.54) is 0 Å². The van der Waals surface area contributed by atoms with Crippen LogP contribution in [0.3, 0.4) is 0 Å². The van der Waals surface area contributed by atoms with E-state index in [1.807, 2.05) is 36.4 Å². The molecule has 1 fully saturated rings. The van der Waals surface area contributed by atoms with Crippen molar-refractivity contribution >= 4 is 17.9 Å². The molecule has 0 spiro atoms. The van der Waals surface area contributed by atoms with Crippen LogP contribution in [-0.4, -0.2) is 47.0 Å². The fourth-order valence-electron chi connectivity index (χ4n) is 3.11. The molecule has 2 heterocycles. The Balaban J connectivity index is 1.38. The molecule has 0 bridgehead atoms. The molecule has 0 aliphatic carbocycles. The Bertz CT molecular complexity index is 1050. The number of likely N-dealkylation sites (tertiary alicyclic amines) is 1. The van der Waals surface area contributed by atoms with Crippen molar-refractivity contribution in [1.29, 1.82) is 0 Å². The molecule has 29 heavy (non-hydrogen) atoms. The van der Waals surface area contributed by atoms with Crippen molar-refractivity contribution in [1.82, 2.24) is 20.4 Å². The zero-order chi connectivity index (χ0) is 20.2.